The van der Waals surface area contributed by atoms with E-state index < -0.39 is 5.97 Å². The van der Waals surface area contributed by atoms with Crippen molar-refractivity contribution in [3.05, 3.63) is 35.2 Å². The highest BCUT2D eigenvalue weighted by atomic mass is 32.1. The number of ether oxygens (including phenoxy) is 1. The van der Waals surface area contributed by atoms with Crippen LogP contribution in [-0.2, 0) is 16.1 Å². The maximum atomic E-state index is 10.8. The molecule has 0 bridgehead atoms. The second-order valence-corrected chi connectivity index (χ2v) is 6.99. The SMILES string of the molecule is CN(CC(=O)O)CC1CN(Cc2csc3ccccc23)CCO1. The molecule has 1 atom stereocenters. The quantitative estimate of drug-likeness (QED) is 0.877. The summed E-state index contributed by atoms with van der Waals surface area (Å²) in [5.74, 6) is -0.801. The molecule has 0 radical (unpaired) electrons. The fourth-order valence-electron chi connectivity index (χ4n) is 3.07. The van der Waals surface area contributed by atoms with E-state index in [9.17, 15) is 4.79 Å². The van der Waals surface area contributed by atoms with Gasteiger partial charge in [0.15, 0.2) is 0 Å². The van der Waals surface area contributed by atoms with Crippen LogP contribution in [0.3, 0.4) is 0 Å². The summed E-state index contributed by atoms with van der Waals surface area (Å²) >= 11 is 1.79. The average molecular weight is 334 g/mol. The van der Waals surface area contributed by atoms with Gasteiger partial charge < -0.3 is 9.84 Å². The van der Waals surface area contributed by atoms with E-state index in [1.54, 1.807) is 16.2 Å². The van der Waals surface area contributed by atoms with Gasteiger partial charge in [0.1, 0.15) is 0 Å². The highest BCUT2D eigenvalue weighted by molar-refractivity contribution is 7.17. The number of hydrogen-bond donors (Lipinski definition) is 1. The van der Waals surface area contributed by atoms with E-state index in [-0.39, 0.29) is 12.6 Å². The number of fused-ring (bicyclic) bond motifs is 1. The molecule has 5 nitrogen and oxygen atoms in total. The van der Waals surface area contributed by atoms with Crippen molar-refractivity contribution in [1.29, 1.82) is 0 Å². The van der Waals surface area contributed by atoms with Gasteiger partial charge in [0.25, 0.3) is 0 Å². The van der Waals surface area contributed by atoms with Crippen molar-refractivity contribution < 1.29 is 14.6 Å². The van der Waals surface area contributed by atoms with Crippen molar-refractivity contribution in [3.8, 4) is 0 Å². The Kier molecular flexibility index (Phi) is 5.27. The van der Waals surface area contributed by atoms with Crippen LogP contribution in [0.2, 0.25) is 0 Å². The van der Waals surface area contributed by atoms with Crippen LogP contribution in [0.15, 0.2) is 29.6 Å². The molecular weight excluding hydrogens is 312 g/mol. The molecule has 2 heterocycles. The molecule has 23 heavy (non-hydrogen) atoms. The monoisotopic (exact) mass is 334 g/mol. The second kappa shape index (κ2) is 7.40. The number of benzene rings is 1. The predicted octanol–water partition coefficient (Wildman–Crippen LogP) is 2.12. The summed E-state index contributed by atoms with van der Waals surface area (Å²) < 4.78 is 7.12. The summed E-state index contributed by atoms with van der Waals surface area (Å²) in [6.07, 6.45) is 0.0676. The number of aliphatic carboxylic acids is 1. The molecule has 124 valence electrons. The van der Waals surface area contributed by atoms with Crippen LogP contribution in [0, 0.1) is 0 Å². The molecule has 1 fully saturated rings. The first-order valence-electron chi connectivity index (χ1n) is 7.81. The van der Waals surface area contributed by atoms with Gasteiger partial charge in [0, 0.05) is 30.9 Å². The zero-order valence-corrected chi connectivity index (χ0v) is 14.1. The molecule has 1 aromatic heterocycles. The molecule has 1 aliphatic heterocycles. The zero-order chi connectivity index (χ0) is 16.2. The van der Waals surface area contributed by atoms with Crippen molar-refractivity contribution in [2.45, 2.75) is 12.6 Å². The lowest BCUT2D eigenvalue weighted by Crippen LogP contribution is -2.47. The van der Waals surface area contributed by atoms with Gasteiger partial charge in [-0.3, -0.25) is 14.6 Å². The number of thiophene rings is 1. The maximum absolute atomic E-state index is 10.8. The Morgan fingerprint density at radius 3 is 3.13 bits per heavy atom. The van der Waals surface area contributed by atoms with Gasteiger partial charge in [-0.2, -0.15) is 0 Å². The molecule has 0 amide bonds. The Hall–Kier alpha value is -1.47. The van der Waals surface area contributed by atoms with Crippen molar-refractivity contribution in [2.24, 2.45) is 0 Å². The largest absolute Gasteiger partial charge is 0.480 e. The molecule has 0 aliphatic carbocycles. The van der Waals surface area contributed by atoms with Gasteiger partial charge in [-0.15, -0.1) is 11.3 Å². The minimum absolute atomic E-state index is 0.0506. The van der Waals surface area contributed by atoms with Gasteiger partial charge in [-0.25, -0.2) is 0 Å². The van der Waals surface area contributed by atoms with E-state index >= 15 is 0 Å². The highest BCUT2D eigenvalue weighted by Gasteiger charge is 2.23. The molecule has 3 rings (SSSR count). The lowest BCUT2D eigenvalue weighted by Gasteiger charge is -2.34. The predicted molar refractivity (Wildman–Crippen MR) is 92.0 cm³/mol. The number of rotatable bonds is 6. The Bertz CT molecular complexity index is 673. The molecule has 1 saturated heterocycles. The third kappa shape index (κ3) is 4.29. The molecular formula is C17H22N2O3S. The van der Waals surface area contributed by atoms with Crippen LogP contribution in [0.25, 0.3) is 10.1 Å². The first-order valence-corrected chi connectivity index (χ1v) is 8.69. The van der Waals surface area contributed by atoms with Crippen LogP contribution in [0.4, 0.5) is 0 Å². The van der Waals surface area contributed by atoms with E-state index in [1.807, 2.05) is 7.05 Å². The van der Waals surface area contributed by atoms with Gasteiger partial charge in [0.05, 0.1) is 19.3 Å². The third-order valence-corrected chi connectivity index (χ3v) is 5.11. The van der Waals surface area contributed by atoms with Gasteiger partial charge in [0.2, 0.25) is 0 Å². The van der Waals surface area contributed by atoms with E-state index in [0.29, 0.717) is 13.2 Å². The van der Waals surface area contributed by atoms with Crippen LogP contribution in [0.5, 0.6) is 0 Å². The Morgan fingerprint density at radius 2 is 2.30 bits per heavy atom. The molecule has 0 spiro atoms. The number of hydrogen-bond acceptors (Lipinski definition) is 5. The number of carboxylic acids is 1. The van der Waals surface area contributed by atoms with Crippen molar-refractivity contribution in [3.63, 3.8) is 0 Å². The first-order chi connectivity index (χ1) is 11.1. The Morgan fingerprint density at radius 1 is 1.48 bits per heavy atom. The summed E-state index contributed by atoms with van der Waals surface area (Å²) in [5.41, 5.74) is 1.37. The summed E-state index contributed by atoms with van der Waals surface area (Å²) in [5, 5.41) is 12.4. The minimum Gasteiger partial charge on any atom is -0.480 e. The Balaban J connectivity index is 1.59. The highest BCUT2D eigenvalue weighted by Crippen LogP contribution is 2.27. The van der Waals surface area contributed by atoms with Crippen LogP contribution in [0.1, 0.15) is 5.56 Å². The normalized spacial score (nSPS) is 19.5. The van der Waals surface area contributed by atoms with Gasteiger partial charge in [-0.05, 0) is 29.4 Å². The van der Waals surface area contributed by atoms with E-state index in [0.717, 1.165) is 19.6 Å². The zero-order valence-electron chi connectivity index (χ0n) is 13.3. The van der Waals surface area contributed by atoms with Crippen molar-refractivity contribution in [2.75, 3.05) is 39.8 Å². The van der Waals surface area contributed by atoms with E-state index in [2.05, 4.69) is 34.5 Å². The summed E-state index contributed by atoms with van der Waals surface area (Å²) in [7, 11) is 1.82. The smallest absolute Gasteiger partial charge is 0.317 e. The Labute approximate surface area is 140 Å². The van der Waals surface area contributed by atoms with Gasteiger partial charge in [-0.1, -0.05) is 18.2 Å². The first kappa shape index (κ1) is 16.4. The fraction of sp³-hybridized carbons (Fsp3) is 0.471. The second-order valence-electron chi connectivity index (χ2n) is 6.08. The standard InChI is InChI=1S/C17H22N2O3S/c1-18(11-17(20)21)9-14-10-19(6-7-22-14)8-13-12-23-16-5-3-2-4-15(13)16/h2-5,12,14H,6-11H2,1H3,(H,20,21). The number of nitrogens with zero attached hydrogens (tertiary/aromatic N) is 2. The van der Waals surface area contributed by atoms with Crippen LogP contribution < -0.4 is 0 Å². The molecule has 1 N–H and O–H groups in total. The van der Waals surface area contributed by atoms with Crippen molar-refractivity contribution >= 4 is 27.4 Å². The molecule has 6 heteroatoms. The number of morpholine rings is 1. The number of likely N-dealkylation sites (N-methyl/N-ethyl adjacent to an activating group) is 1. The van der Waals surface area contributed by atoms with E-state index in [1.165, 1.54) is 15.6 Å². The average Bonchev–Trinajstić information content (AvgIpc) is 2.90. The summed E-state index contributed by atoms with van der Waals surface area (Å²) in [4.78, 5) is 15.0. The number of carboxylic acid groups (broad SMARTS) is 1. The fourth-order valence-corrected chi connectivity index (χ4v) is 4.03. The van der Waals surface area contributed by atoms with Crippen LogP contribution >= 0.6 is 11.3 Å². The lowest BCUT2D eigenvalue weighted by atomic mass is 10.1. The molecule has 2 aromatic rings. The molecule has 0 saturated carbocycles. The minimum atomic E-state index is -0.801. The maximum Gasteiger partial charge on any atom is 0.317 e. The molecule has 1 aliphatic rings. The molecule has 1 aromatic carbocycles. The third-order valence-electron chi connectivity index (χ3n) is 4.10. The molecule has 1 unspecified atom stereocenters. The van der Waals surface area contributed by atoms with Crippen LogP contribution in [-0.4, -0.2) is 66.8 Å². The van der Waals surface area contributed by atoms with Crippen molar-refractivity contribution in [1.82, 2.24) is 9.80 Å². The number of carbonyl (C=O) groups is 1. The van der Waals surface area contributed by atoms with Gasteiger partial charge >= 0.3 is 5.97 Å². The lowest BCUT2D eigenvalue weighted by molar-refractivity contribution is -0.138. The summed E-state index contributed by atoms with van der Waals surface area (Å²) in [6, 6.07) is 8.50. The van der Waals surface area contributed by atoms with E-state index in [4.69, 9.17) is 9.84 Å². The summed E-state index contributed by atoms with van der Waals surface area (Å²) in [6.45, 7) is 4.08. The topological polar surface area (TPSA) is 53.0 Å².